The first kappa shape index (κ1) is 33.8. The van der Waals surface area contributed by atoms with Crippen molar-refractivity contribution in [2.45, 2.75) is 149 Å². The smallest absolute Gasteiger partial charge is 0.336 e. The number of cyclic esters (lactones) is 1. The van der Waals surface area contributed by atoms with Gasteiger partial charge >= 0.3 is 5.97 Å². The molecule has 0 N–H and O–H groups in total. The van der Waals surface area contributed by atoms with Gasteiger partial charge in [-0.2, -0.15) is 0 Å². The van der Waals surface area contributed by atoms with E-state index in [2.05, 4.69) is 81.2 Å². The molecule has 11 atom stereocenters. The van der Waals surface area contributed by atoms with Crippen molar-refractivity contribution in [1.82, 2.24) is 0 Å². The second-order valence-corrected chi connectivity index (χ2v) is 27.9. The second kappa shape index (κ2) is 10.7. The van der Waals surface area contributed by atoms with Crippen molar-refractivity contribution in [3.63, 3.8) is 0 Å². The molecule has 2 aliphatic heterocycles. The van der Waals surface area contributed by atoms with E-state index in [1.807, 2.05) is 12.2 Å². The Morgan fingerprint density at radius 1 is 1.04 bits per heavy atom. The van der Waals surface area contributed by atoms with E-state index in [1.165, 1.54) is 6.42 Å². The molecule has 0 amide bonds. The van der Waals surface area contributed by atoms with Crippen LogP contribution in [0.3, 0.4) is 0 Å². The quantitative estimate of drug-likeness (QED) is 0.156. The van der Waals surface area contributed by atoms with Crippen molar-refractivity contribution in [3.05, 3.63) is 23.3 Å². The fraction of sp³-hybridized carbons (Fsp3) is 0.838. The van der Waals surface area contributed by atoms with Crippen molar-refractivity contribution in [1.29, 1.82) is 0 Å². The average Bonchev–Trinajstić information content (AvgIpc) is 3.54. The lowest BCUT2D eigenvalue weighted by Gasteiger charge is -2.58. The van der Waals surface area contributed by atoms with Gasteiger partial charge in [-0.3, -0.25) is 4.79 Å². The molecule has 8 heteroatoms. The second-order valence-electron chi connectivity index (χ2n) is 18.6. The molecule has 3 saturated carbocycles. The fourth-order valence-electron chi connectivity index (χ4n) is 10.6. The number of ether oxygens (including phenoxy) is 2. The van der Waals surface area contributed by atoms with Crippen LogP contribution in [0.25, 0.3) is 0 Å². The molecule has 0 unspecified atom stereocenters. The topological polar surface area (TPSA) is 74.4 Å². The van der Waals surface area contributed by atoms with Gasteiger partial charge in [-0.05, 0) is 125 Å². The molecule has 0 radical (unpaired) electrons. The van der Waals surface area contributed by atoms with Gasteiger partial charge in [-0.25, -0.2) is 4.79 Å². The SMILES string of the molecule is CC1=C(CO[Si](C)(C)C(C)(C)C)C(=O)O[C@@H]([C@@H](C)[C@H]2CC[C@H]3[C@@H]4C[C@H]5O[C@]56[C@@H](O[Si](C)(C)C)C=CC(=O)[C@]6(C)[C@H]4CC[C@]23C)C1. The van der Waals surface area contributed by atoms with Gasteiger partial charge in [-0.15, -0.1) is 0 Å². The van der Waals surface area contributed by atoms with Gasteiger partial charge in [0.25, 0.3) is 0 Å². The third-order valence-electron chi connectivity index (χ3n) is 14.3. The Hall–Kier alpha value is -1.07. The minimum absolute atomic E-state index is 0.0943. The van der Waals surface area contributed by atoms with Gasteiger partial charge < -0.3 is 18.3 Å². The average molecular weight is 657 g/mol. The van der Waals surface area contributed by atoms with Crippen molar-refractivity contribution in [2.75, 3.05) is 6.61 Å². The number of hydrogen-bond acceptors (Lipinski definition) is 6. The summed E-state index contributed by atoms with van der Waals surface area (Å²) in [4.78, 5) is 27.3. The highest BCUT2D eigenvalue weighted by Gasteiger charge is 2.80. The standard InChI is InChI=1S/C37H60O6Si2/c1-22-19-29(41-33(39)25(22)21-40-45(11,12)34(3,4)5)23(2)26-13-14-27-24-20-32-37(42-32)31(43-44(8,9)10)16-15-30(38)36(37,7)28(24)17-18-35(26,27)6/h15-16,23-24,26-29,31-32H,13-14,17-21H2,1-12H3/t23-,24-,26+,27-,28-,29+,31-,32+,35+,36-,37+/m0/s1. The van der Waals surface area contributed by atoms with Crippen LogP contribution >= 0.6 is 0 Å². The van der Waals surface area contributed by atoms with E-state index in [9.17, 15) is 9.59 Å². The summed E-state index contributed by atoms with van der Waals surface area (Å²) >= 11 is 0. The molecule has 2 heterocycles. The molecular formula is C37H60O6Si2. The molecule has 6 nitrogen and oxygen atoms in total. The third-order valence-corrected chi connectivity index (χ3v) is 19.7. The maximum absolute atomic E-state index is 13.9. The van der Waals surface area contributed by atoms with Crippen LogP contribution < -0.4 is 0 Å². The van der Waals surface area contributed by atoms with E-state index in [0.717, 1.165) is 43.3 Å². The van der Waals surface area contributed by atoms with Crippen LogP contribution in [0, 0.1) is 40.4 Å². The summed E-state index contributed by atoms with van der Waals surface area (Å²) < 4.78 is 26.1. The number of carbonyl (C=O) groups is 2. The van der Waals surface area contributed by atoms with E-state index in [0.29, 0.717) is 30.3 Å². The molecule has 0 bridgehead atoms. The summed E-state index contributed by atoms with van der Waals surface area (Å²) in [6, 6.07) is 0. The van der Waals surface area contributed by atoms with E-state index in [1.54, 1.807) is 0 Å². The number of epoxide rings is 1. The number of rotatable bonds is 7. The van der Waals surface area contributed by atoms with Crippen molar-refractivity contribution >= 4 is 28.4 Å². The molecule has 0 aromatic carbocycles. The number of fused-ring (bicyclic) bond motifs is 4. The molecule has 0 aromatic rings. The van der Waals surface area contributed by atoms with Crippen LogP contribution in [-0.4, -0.2) is 58.9 Å². The molecule has 6 rings (SSSR count). The summed E-state index contributed by atoms with van der Waals surface area (Å²) in [5.41, 5.74) is 1.00. The van der Waals surface area contributed by atoms with Crippen molar-refractivity contribution < 1.29 is 27.9 Å². The minimum atomic E-state index is -1.97. The molecule has 4 fully saturated rings. The van der Waals surface area contributed by atoms with Crippen LogP contribution in [0.2, 0.25) is 37.8 Å². The van der Waals surface area contributed by atoms with E-state index in [-0.39, 0.29) is 46.4 Å². The maximum atomic E-state index is 13.9. The largest absolute Gasteiger partial charge is 0.458 e. The fourth-order valence-corrected chi connectivity index (χ4v) is 12.6. The van der Waals surface area contributed by atoms with E-state index in [4.69, 9.17) is 18.3 Å². The molecule has 1 saturated heterocycles. The van der Waals surface area contributed by atoms with E-state index < -0.39 is 27.7 Å². The van der Waals surface area contributed by atoms with Gasteiger partial charge in [0, 0.05) is 6.42 Å². The summed E-state index contributed by atoms with van der Waals surface area (Å²) in [5.74, 6) is 2.18. The molecule has 6 aliphatic rings. The molecular weight excluding hydrogens is 597 g/mol. The molecule has 4 aliphatic carbocycles. The van der Waals surface area contributed by atoms with E-state index >= 15 is 0 Å². The van der Waals surface area contributed by atoms with Gasteiger partial charge in [0.2, 0.25) is 0 Å². The summed E-state index contributed by atoms with van der Waals surface area (Å²) in [6.45, 7) is 27.4. The Bertz CT molecular complexity index is 1310. The van der Waals surface area contributed by atoms with Gasteiger partial charge in [0.05, 0.1) is 29.8 Å². The molecule has 0 aromatic heterocycles. The summed E-state index contributed by atoms with van der Waals surface area (Å²) in [5, 5.41) is 0.0951. The lowest BCUT2D eigenvalue weighted by Crippen LogP contribution is -2.64. The normalized spacial score (nSPS) is 43.7. The first-order valence-electron chi connectivity index (χ1n) is 17.8. The van der Waals surface area contributed by atoms with Crippen LogP contribution in [0.4, 0.5) is 0 Å². The predicted octanol–water partition coefficient (Wildman–Crippen LogP) is 8.24. The Balaban J connectivity index is 1.18. The zero-order valence-corrected chi connectivity index (χ0v) is 32.2. The number of hydrogen-bond donors (Lipinski definition) is 0. The van der Waals surface area contributed by atoms with Gasteiger partial charge in [0.15, 0.2) is 22.4 Å². The Kier molecular flexibility index (Phi) is 8.05. The highest BCUT2D eigenvalue weighted by atomic mass is 28.4. The van der Waals surface area contributed by atoms with Crippen molar-refractivity contribution in [2.24, 2.45) is 40.4 Å². The lowest BCUT2D eigenvalue weighted by molar-refractivity contribution is -0.155. The van der Waals surface area contributed by atoms with Gasteiger partial charge in [-0.1, -0.05) is 46.3 Å². The predicted molar refractivity (Wildman–Crippen MR) is 183 cm³/mol. The first-order valence-corrected chi connectivity index (χ1v) is 24.1. The third kappa shape index (κ3) is 5.09. The Morgan fingerprint density at radius 3 is 2.36 bits per heavy atom. The highest BCUT2D eigenvalue weighted by molar-refractivity contribution is 6.74. The summed E-state index contributed by atoms with van der Waals surface area (Å²) in [7, 11) is -3.80. The minimum Gasteiger partial charge on any atom is -0.458 e. The Morgan fingerprint density at radius 2 is 1.73 bits per heavy atom. The zero-order chi connectivity index (χ0) is 33.1. The van der Waals surface area contributed by atoms with Crippen molar-refractivity contribution in [3.8, 4) is 0 Å². The number of ketones is 1. The first-order chi connectivity index (χ1) is 20.7. The lowest BCUT2D eigenvalue weighted by atomic mass is 9.44. The number of allylic oxidation sites excluding steroid dienone is 1. The number of esters is 1. The Labute approximate surface area is 274 Å². The molecule has 45 heavy (non-hydrogen) atoms. The maximum Gasteiger partial charge on any atom is 0.336 e. The number of carbonyl (C=O) groups excluding carboxylic acids is 2. The van der Waals surface area contributed by atoms with Crippen LogP contribution in [0.5, 0.6) is 0 Å². The molecule has 252 valence electrons. The van der Waals surface area contributed by atoms with Crippen LogP contribution in [-0.2, 0) is 27.9 Å². The van der Waals surface area contributed by atoms with Crippen LogP contribution in [0.1, 0.15) is 87.0 Å². The molecule has 1 spiro atoms. The highest BCUT2D eigenvalue weighted by Crippen LogP contribution is 2.73. The van der Waals surface area contributed by atoms with Crippen LogP contribution in [0.15, 0.2) is 23.3 Å². The monoisotopic (exact) mass is 656 g/mol. The van der Waals surface area contributed by atoms with Gasteiger partial charge in [0.1, 0.15) is 11.7 Å². The summed E-state index contributed by atoms with van der Waals surface area (Å²) in [6.07, 6.45) is 10.0. The zero-order valence-electron chi connectivity index (χ0n) is 30.2.